The van der Waals surface area contributed by atoms with Crippen LogP contribution in [0.3, 0.4) is 0 Å². The molecule has 0 saturated heterocycles. The second-order valence-corrected chi connectivity index (χ2v) is 7.96. The van der Waals surface area contributed by atoms with Crippen molar-refractivity contribution < 1.29 is 12.6 Å². The Bertz CT molecular complexity index is 1080. The van der Waals surface area contributed by atoms with E-state index in [-0.39, 0.29) is 10.6 Å². The van der Waals surface area contributed by atoms with Crippen LogP contribution in [0.1, 0.15) is 22.3 Å². The van der Waals surface area contributed by atoms with E-state index in [9.17, 15) is 8.42 Å². The molecular weight excluding hydrogens is 358 g/mol. The molecule has 5 heteroatoms. The van der Waals surface area contributed by atoms with E-state index >= 15 is 0 Å². The maximum atomic E-state index is 12.6. The molecule has 27 heavy (non-hydrogen) atoms. The molecular formula is C22H21NO3S. The van der Waals surface area contributed by atoms with Gasteiger partial charge in [0.05, 0.1) is 5.69 Å². The van der Waals surface area contributed by atoms with Crippen molar-refractivity contribution >= 4 is 22.0 Å². The smallest absolute Gasteiger partial charge is 0.339 e. The van der Waals surface area contributed by atoms with Crippen molar-refractivity contribution in [2.24, 2.45) is 4.99 Å². The minimum Gasteiger partial charge on any atom is -0.378 e. The van der Waals surface area contributed by atoms with Crippen LogP contribution in [0.4, 0.5) is 5.69 Å². The summed E-state index contributed by atoms with van der Waals surface area (Å²) in [5, 5.41) is 0. The molecule has 138 valence electrons. The minimum atomic E-state index is -3.91. The van der Waals surface area contributed by atoms with E-state index in [1.54, 1.807) is 36.5 Å². The Morgan fingerprint density at radius 3 is 2.26 bits per heavy atom. The highest BCUT2D eigenvalue weighted by atomic mass is 32.2. The second kappa shape index (κ2) is 7.76. The highest BCUT2D eigenvalue weighted by Crippen LogP contribution is 2.23. The zero-order valence-electron chi connectivity index (χ0n) is 15.5. The Labute approximate surface area is 160 Å². The molecule has 3 aromatic rings. The van der Waals surface area contributed by atoms with Gasteiger partial charge >= 0.3 is 10.1 Å². The van der Waals surface area contributed by atoms with Gasteiger partial charge in [-0.2, -0.15) is 8.42 Å². The van der Waals surface area contributed by atoms with Crippen LogP contribution in [0.5, 0.6) is 5.75 Å². The third-order valence-corrected chi connectivity index (χ3v) is 5.52. The fourth-order valence-corrected chi connectivity index (χ4v) is 3.44. The quantitative estimate of drug-likeness (QED) is 0.456. The lowest BCUT2D eigenvalue weighted by Crippen LogP contribution is -2.10. The zero-order valence-corrected chi connectivity index (χ0v) is 16.3. The highest BCUT2D eigenvalue weighted by molar-refractivity contribution is 7.87. The average molecular weight is 379 g/mol. The molecule has 0 bridgehead atoms. The molecule has 3 rings (SSSR count). The van der Waals surface area contributed by atoms with Gasteiger partial charge in [-0.05, 0) is 68.3 Å². The van der Waals surface area contributed by atoms with Crippen LogP contribution in [0.15, 0.2) is 76.6 Å². The van der Waals surface area contributed by atoms with Crippen molar-refractivity contribution in [1.82, 2.24) is 0 Å². The molecule has 0 amide bonds. The molecule has 0 N–H and O–H groups in total. The molecule has 0 fully saturated rings. The third-order valence-electron chi connectivity index (χ3n) is 4.27. The maximum absolute atomic E-state index is 12.6. The molecule has 0 atom stereocenters. The van der Waals surface area contributed by atoms with Crippen LogP contribution >= 0.6 is 0 Å². The number of nitrogens with zero attached hydrogens (tertiary/aromatic N) is 1. The summed E-state index contributed by atoms with van der Waals surface area (Å²) in [6, 6.07) is 19.4. The number of rotatable bonds is 5. The third kappa shape index (κ3) is 4.63. The molecule has 0 aliphatic rings. The van der Waals surface area contributed by atoms with Gasteiger partial charge in [-0.25, -0.2) is 0 Å². The fourth-order valence-electron chi connectivity index (χ4n) is 2.48. The molecule has 0 aromatic heterocycles. The second-order valence-electron chi connectivity index (χ2n) is 6.42. The van der Waals surface area contributed by atoms with E-state index < -0.39 is 10.1 Å². The maximum Gasteiger partial charge on any atom is 0.339 e. The molecule has 0 radical (unpaired) electrons. The van der Waals surface area contributed by atoms with Gasteiger partial charge < -0.3 is 4.18 Å². The predicted octanol–water partition coefficient (Wildman–Crippen LogP) is 5.13. The van der Waals surface area contributed by atoms with Crippen molar-refractivity contribution in [3.8, 4) is 5.75 Å². The van der Waals surface area contributed by atoms with Gasteiger partial charge in [0.15, 0.2) is 5.75 Å². The SMILES string of the molecule is Cc1ccc(S(=O)(=O)Oc2ccccc2C=Nc2ccc(C)c(C)c2)cc1. The fraction of sp³-hybridized carbons (Fsp3) is 0.136. The van der Waals surface area contributed by atoms with Crippen LogP contribution in [0.25, 0.3) is 0 Å². The molecule has 0 aliphatic carbocycles. The van der Waals surface area contributed by atoms with E-state index in [1.807, 2.05) is 45.0 Å². The van der Waals surface area contributed by atoms with Crippen LogP contribution in [-0.2, 0) is 10.1 Å². The highest BCUT2D eigenvalue weighted by Gasteiger charge is 2.17. The summed E-state index contributed by atoms with van der Waals surface area (Å²) in [5.74, 6) is 0.241. The topological polar surface area (TPSA) is 55.7 Å². The van der Waals surface area contributed by atoms with Crippen molar-refractivity contribution in [1.29, 1.82) is 0 Å². The van der Waals surface area contributed by atoms with E-state index in [0.717, 1.165) is 16.8 Å². The molecule has 0 unspecified atom stereocenters. The van der Waals surface area contributed by atoms with Gasteiger partial charge in [-0.3, -0.25) is 4.99 Å². The molecule has 0 heterocycles. The Balaban J connectivity index is 1.88. The Morgan fingerprint density at radius 1 is 0.852 bits per heavy atom. The Morgan fingerprint density at radius 2 is 1.56 bits per heavy atom. The van der Waals surface area contributed by atoms with Crippen molar-refractivity contribution in [3.05, 3.63) is 89.0 Å². The summed E-state index contributed by atoms with van der Waals surface area (Å²) >= 11 is 0. The normalized spacial score (nSPS) is 11.7. The first-order chi connectivity index (χ1) is 12.8. The molecule has 3 aromatic carbocycles. The largest absolute Gasteiger partial charge is 0.378 e. The predicted molar refractivity (Wildman–Crippen MR) is 109 cm³/mol. The van der Waals surface area contributed by atoms with Gasteiger partial charge in [-0.15, -0.1) is 0 Å². The zero-order chi connectivity index (χ0) is 19.4. The summed E-state index contributed by atoms with van der Waals surface area (Å²) in [6.45, 7) is 5.97. The van der Waals surface area contributed by atoms with Crippen molar-refractivity contribution in [3.63, 3.8) is 0 Å². The van der Waals surface area contributed by atoms with Gasteiger partial charge in [0.25, 0.3) is 0 Å². The van der Waals surface area contributed by atoms with Crippen LogP contribution in [0.2, 0.25) is 0 Å². The van der Waals surface area contributed by atoms with E-state index in [1.165, 1.54) is 17.7 Å². The molecule has 4 nitrogen and oxygen atoms in total. The van der Waals surface area contributed by atoms with Crippen molar-refractivity contribution in [2.45, 2.75) is 25.7 Å². The van der Waals surface area contributed by atoms with Crippen LogP contribution in [-0.4, -0.2) is 14.6 Å². The number of benzene rings is 3. The summed E-state index contributed by atoms with van der Waals surface area (Å²) in [6.07, 6.45) is 1.62. The standard InChI is InChI=1S/C22H21NO3S/c1-16-8-12-21(13-9-16)27(24,25)26-22-7-5-4-6-19(22)15-23-20-11-10-17(2)18(3)14-20/h4-15H,1-3H3. The van der Waals surface area contributed by atoms with Gasteiger partial charge in [0.1, 0.15) is 4.90 Å². The first-order valence-corrected chi connectivity index (χ1v) is 9.97. The minimum absolute atomic E-state index is 0.119. The number of hydrogen-bond acceptors (Lipinski definition) is 4. The van der Waals surface area contributed by atoms with E-state index in [2.05, 4.69) is 4.99 Å². The van der Waals surface area contributed by atoms with Gasteiger partial charge in [-0.1, -0.05) is 35.9 Å². The average Bonchev–Trinajstić information content (AvgIpc) is 2.64. The number of aliphatic imine (C=N–C) groups is 1. The molecule has 0 saturated carbocycles. The summed E-state index contributed by atoms with van der Waals surface area (Å²) in [4.78, 5) is 4.57. The van der Waals surface area contributed by atoms with Crippen molar-refractivity contribution in [2.75, 3.05) is 0 Å². The molecule has 0 aliphatic heterocycles. The monoisotopic (exact) mass is 379 g/mol. The van der Waals surface area contributed by atoms with E-state index in [4.69, 9.17) is 4.18 Å². The first kappa shape index (κ1) is 18.9. The van der Waals surface area contributed by atoms with Crippen LogP contribution < -0.4 is 4.18 Å². The lowest BCUT2D eigenvalue weighted by Gasteiger charge is -2.09. The summed E-state index contributed by atoms with van der Waals surface area (Å²) in [7, 11) is -3.91. The van der Waals surface area contributed by atoms with Gasteiger partial charge in [0, 0.05) is 11.8 Å². The van der Waals surface area contributed by atoms with E-state index in [0.29, 0.717) is 5.56 Å². The van der Waals surface area contributed by atoms with Gasteiger partial charge in [0.2, 0.25) is 0 Å². The number of para-hydroxylation sites is 1. The lowest BCUT2D eigenvalue weighted by atomic mass is 10.1. The number of aryl methyl sites for hydroxylation is 3. The first-order valence-electron chi connectivity index (χ1n) is 8.57. The number of hydrogen-bond donors (Lipinski definition) is 0. The lowest BCUT2D eigenvalue weighted by molar-refractivity contribution is 0.485. The van der Waals surface area contributed by atoms with Crippen LogP contribution in [0, 0.1) is 20.8 Å². The summed E-state index contributed by atoms with van der Waals surface area (Å²) in [5.41, 5.74) is 4.72. The molecule has 0 spiro atoms. The summed E-state index contributed by atoms with van der Waals surface area (Å²) < 4.78 is 30.5. The Kier molecular flexibility index (Phi) is 5.42. The Hall–Kier alpha value is -2.92.